The average Bonchev–Trinajstić information content (AvgIpc) is 2.47. The van der Waals surface area contributed by atoms with E-state index in [1.807, 2.05) is 12.1 Å². The summed E-state index contributed by atoms with van der Waals surface area (Å²) >= 11 is 0. The van der Waals surface area contributed by atoms with Gasteiger partial charge in [0, 0.05) is 25.2 Å². The molecular weight excluding hydrogens is 280 g/mol. The Morgan fingerprint density at radius 3 is 2.59 bits per heavy atom. The van der Waals surface area contributed by atoms with E-state index in [1.54, 1.807) is 12.1 Å². The van der Waals surface area contributed by atoms with E-state index in [9.17, 15) is 10.1 Å². The van der Waals surface area contributed by atoms with Crippen LogP contribution < -0.4 is 11.1 Å². The van der Waals surface area contributed by atoms with E-state index in [2.05, 4.69) is 24.2 Å². The first-order valence-corrected chi connectivity index (χ1v) is 7.76. The van der Waals surface area contributed by atoms with Crippen molar-refractivity contribution in [2.75, 3.05) is 13.1 Å². The standard InChI is InChI=1S/C16H26N4O2/c1-13(2)10-12-19-16(17)18-11-4-3-5-14-6-8-15(9-7-14)20(21)22/h6-9,13H,3-5,10-12H2,1-2H3,(H3,17,18,19). The van der Waals surface area contributed by atoms with Crippen LogP contribution in [0.4, 0.5) is 5.69 Å². The van der Waals surface area contributed by atoms with Gasteiger partial charge in [0.1, 0.15) is 0 Å². The van der Waals surface area contributed by atoms with Gasteiger partial charge in [-0.05, 0) is 37.2 Å². The molecule has 6 nitrogen and oxygen atoms in total. The molecule has 0 aliphatic carbocycles. The number of nitrogens with zero attached hydrogens (tertiary/aromatic N) is 2. The van der Waals surface area contributed by atoms with E-state index < -0.39 is 0 Å². The Hall–Kier alpha value is -2.11. The lowest BCUT2D eigenvalue weighted by Crippen LogP contribution is -2.33. The summed E-state index contributed by atoms with van der Waals surface area (Å²) in [5.74, 6) is 1.16. The van der Waals surface area contributed by atoms with Crippen LogP contribution in [0.3, 0.4) is 0 Å². The largest absolute Gasteiger partial charge is 0.370 e. The third-order valence-corrected chi connectivity index (χ3v) is 3.33. The van der Waals surface area contributed by atoms with Crippen LogP contribution in [0.2, 0.25) is 0 Å². The molecule has 0 amide bonds. The topological polar surface area (TPSA) is 93.5 Å². The molecule has 1 rings (SSSR count). The van der Waals surface area contributed by atoms with Crippen molar-refractivity contribution < 1.29 is 4.92 Å². The summed E-state index contributed by atoms with van der Waals surface area (Å²) in [6, 6.07) is 6.71. The van der Waals surface area contributed by atoms with Crippen molar-refractivity contribution in [2.45, 2.75) is 39.5 Å². The molecule has 0 fully saturated rings. The van der Waals surface area contributed by atoms with Gasteiger partial charge in [0.15, 0.2) is 5.96 Å². The van der Waals surface area contributed by atoms with Gasteiger partial charge < -0.3 is 11.1 Å². The molecule has 6 heteroatoms. The molecule has 0 saturated heterocycles. The number of nitro benzene ring substituents is 1. The zero-order chi connectivity index (χ0) is 16.4. The van der Waals surface area contributed by atoms with E-state index in [0.29, 0.717) is 18.4 Å². The van der Waals surface area contributed by atoms with Crippen LogP contribution in [-0.4, -0.2) is 24.0 Å². The molecular formula is C16H26N4O2. The predicted molar refractivity (Wildman–Crippen MR) is 90.0 cm³/mol. The van der Waals surface area contributed by atoms with Crippen LogP contribution in [0, 0.1) is 16.0 Å². The fourth-order valence-electron chi connectivity index (χ4n) is 1.97. The minimum Gasteiger partial charge on any atom is -0.370 e. The highest BCUT2D eigenvalue weighted by molar-refractivity contribution is 5.77. The van der Waals surface area contributed by atoms with Crippen LogP contribution in [0.15, 0.2) is 29.3 Å². The van der Waals surface area contributed by atoms with Crippen molar-refractivity contribution in [3.8, 4) is 0 Å². The maximum absolute atomic E-state index is 10.6. The molecule has 1 aromatic carbocycles. The first-order chi connectivity index (χ1) is 10.5. The van der Waals surface area contributed by atoms with E-state index >= 15 is 0 Å². The number of aliphatic imine (C=N–C) groups is 1. The smallest absolute Gasteiger partial charge is 0.269 e. The summed E-state index contributed by atoms with van der Waals surface area (Å²) in [5.41, 5.74) is 7.02. The summed E-state index contributed by atoms with van der Waals surface area (Å²) < 4.78 is 0. The Morgan fingerprint density at radius 2 is 2.00 bits per heavy atom. The van der Waals surface area contributed by atoms with E-state index in [4.69, 9.17) is 5.73 Å². The number of non-ortho nitro benzene ring substituents is 1. The molecule has 0 spiro atoms. The number of guanidine groups is 1. The molecule has 122 valence electrons. The van der Waals surface area contributed by atoms with Gasteiger partial charge >= 0.3 is 0 Å². The fraction of sp³-hybridized carbons (Fsp3) is 0.562. The van der Waals surface area contributed by atoms with Crippen LogP contribution in [0.1, 0.15) is 38.7 Å². The van der Waals surface area contributed by atoms with Gasteiger partial charge in [-0.15, -0.1) is 0 Å². The normalized spacial score (nSPS) is 11.7. The number of hydrogen-bond donors (Lipinski definition) is 2. The number of nitro groups is 1. The number of hydrogen-bond acceptors (Lipinski definition) is 3. The molecule has 0 unspecified atom stereocenters. The van der Waals surface area contributed by atoms with E-state index in [0.717, 1.165) is 37.8 Å². The van der Waals surface area contributed by atoms with E-state index in [1.165, 1.54) is 0 Å². The number of rotatable bonds is 9. The minimum atomic E-state index is -0.381. The lowest BCUT2D eigenvalue weighted by Gasteiger charge is -2.07. The second-order valence-electron chi connectivity index (χ2n) is 5.76. The summed E-state index contributed by atoms with van der Waals surface area (Å²) in [6.07, 6.45) is 3.91. The molecule has 0 aliphatic heterocycles. The maximum Gasteiger partial charge on any atom is 0.269 e. The van der Waals surface area contributed by atoms with Gasteiger partial charge in [-0.3, -0.25) is 15.1 Å². The summed E-state index contributed by atoms with van der Waals surface area (Å²) in [7, 11) is 0. The first-order valence-electron chi connectivity index (χ1n) is 7.76. The summed E-state index contributed by atoms with van der Waals surface area (Å²) in [6.45, 7) is 5.91. The van der Waals surface area contributed by atoms with Gasteiger partial charge in [0.25, 0.3) is 5.69 Å². The highest BCUT2D eigenvalue weighted by Crippen LogP contribution is 2.13. The Bertz CT molecular complexity index is 483. The highest BCUT2D eigenvalue weighted by Gasteiger charge is 2.03. The first kappa shape index (κ1) is 17.9. The summed E-state index contributed by atoms with van der Waals surface area (Å²) in [5, 5.41) is 13.7. The number of aryl methyl sites for hydroxylation is 1. The number of nitrogens with two attached hydrogens (primary N) is 1. The summed E-state index contributed by atoms with van der Waals surface area (Å²) in [4.78, 5) is 14.5. The molecule has 0 saturated carbocycles. The average molecular weight is 306 g/mol. The maximum atomic E-state index is 10.6. The van der Waals surface area contributed by atoms with Crippen molar-refractivity contribution in [3.05, 3.63) is 39.9 Å². The lowest BCUT2D eigenvalue weighted by atomic mass is 10.1. The molecule has 0 bridgehead atoms. The van der Waals surface area contributed by atoms with Gasteiger partial charge in [0.2, 0.25) is 0 Å². The third-order valence-electron chi connectivity index (χ3n) is 3.33. The Morgan fingerprint density at radius 1 is 1.32 bits per heavy atom. The Labute approximate surface area is 132 Å². The zero-order valence-corrected chi connectivity index (χ0v) is 13.4. The molecule has 0 heterocycles. The van der Waals surface area contributed by atoms with Crippen molar-refractivity contribution >= 4 is 11.6 Å². The number of nitrogens with one attached hydrogen (secondary N) is 1. The number of benzene rings is 1. The molecule has 22 heavy (non-hydrogen) atoms. The molecule has 1 aromatic rings. The quantitative estimate of drug-likeness (QED) is 0.241. The van der Waals surface area contributed by atoms with Crippen molar-refractivity contribution in [2.24, 2.45) is 16.6 Å². The lowest BCUT2D eigenvalue weighted by molar-refractivity contribution is -0.384. The molecule has 0 aromatic heterocycles. The predicted octanol–water partition coefficient (Wildman–Crippen LogP) is 2.87. The third kappa shape index (κ3) is 7.61. The molecule has 0 atom stereocenters. The van der Waals surface area contributed by atoms with Crippen LogP contribution >= 0.6 is 0 Å². The number of unbranched alkanes of at least 4 members (excludes halogenated alkanes) is 1. The van der Waals surface area contributed by atoms with Crippen LogP contribution in [0.25, 0.3) is 0 Å². The van der Waals surface area contributed by atoms with Gasteiger partial charge in [-0.25, -0.2) is 0 Å². The Kier molecular flexibility index (Phi) is 7.96. The van der Waals surface area contributed by atoms with Crippen LogP contribution in [0.5, 0.6) is 0 Å². The second kappa shape index (κ2) is 9.76. The van der Waals surface area contributed by atoms with Crippen molar-refractivity contribution in [1.82, 2.24) is 5.32 Å². The van der Waals surface area contributed by atoms with Crippen molar-refractivity contribution in [3.63, 3.8) is 0 Å². The SMILES string of the molecule is CC(C)CCNC(N)=NCCCCc1ccc([N+](=O)[O-])cc1. The monoisotopic (exact) mass is 306 g/mol. The van der Waals surface area contributed by atoms with Gasteiger partial charge in [0.05, 0.1) is 4.92 Å². The van der Waals surface area contributed by atoms with Crippen LogP contribution in [-0.2, 0) is 6.42 Å². The van der Waals surface area contributed by atoms with Gasteiger partial charge in [-0.1, -0.05) is 26.0 Å². The zero-order valence-electron chi connectivity index (χ0n) is 13.4. The van der Waals surface area contributed by atoms with Gasteiger partial charge in [-0.2, -0.15) is 0 Å². The molecule has 0 aliphatic rings. The molecule has 3 N–H and O–H groups in total. The molecule has 0 radical (unpaired) electrons. The highest BCUT2D eigenvalue weighted by atomic mass is 16.6. The Balaban J connectivity index is 2.18. The minimum absolute atomic E-state index is 0.133. The second-order valence-corrected chi connectivity index (χ2v) is 5.76. The van der Waals surface area contributed by atoms with Crippen molar-refractivity contribution in [1.29, 1.82) is 0 Å². The van der Waals surface area contributed by atoms with E-state index in [-0.39, 0.29) is 10.6 Å². The fourth-order valence-corrected chi connectivity index (χ4v) is 1.97.